The second-order valence-electron chi connectivity index (χ2n) is 5.68. The fourth-order valence-corrected chi connectivity index (χ4v) is 3.53. The number of nitrogens with zero attached hydrogens (tertiary/aromatic N) is 1. The van der Waals surface area contributed by atoms with Gasteiger partial charge in [0.2, 0.25) is 0 Å². The van der Waals surface area contributed by atoms with E-state index in [1.807, 2.05) is 48.5 Å². The molecule has 132 valence electrons. The van der Waals surface area contributed by atoms with Crippen molar-refractivity contribution in [3.63, 3.8) is 0 Å². The first-order valence-electron chi connectivity index (χ1n) is 7.79. The van der Waals surface area contributed by atoms with E-state index in [1.165, 1.54) is 12.0 Å². The van der Waals surface area contributed by atoms with Gasteiger partial charge in [-0.25, -0.2) is 4.79 Å². The maximum atomic E-state index is 13.1. The highest BCUT2D eigenvalue weighted by atomic mass is 79.9. The summed E-state index contributed by atoms with van der Waals surface area (Å²) in [6.07, 6.45) is 1.71. The van der Waals surface area contributed by atoms with Gasteiger partial charge in [0.15, 0.2) is 0 Å². The molecular weight excluding hydrogens is 462 g/mol. The minimum atomic E-state index is -0.531. The Morgan fingerprint density at radius 2 is 1.77 bits per heavy atom. The second kappa shape index (κ2) is 7.60. The van der Waals surface area contributed by atoms with Gasteiger partial charge < -0.3 is 4.74 Å². The zero-order chi connectivity index (χ0) is 18.8. The quantitative estimate of drug-likeness (QED) is 0.458. The van der Waals surface area contributed by atoms with E-state index in [0.29, 0.717) is 17.0 Å². The van der Waals surface area contributed by atoms with Crippen LogP contribution in [0, 0.1) is 0 Å². The molecule has 0 unspecified atom stereocenters. The summed E-state index contributed by atoms with van der Waals surface area (Å²) in [5, 5.41) is 0. The van der Waals surface area contributed by atoms with Gasteiger partial charge in [-0.1, -0.05) is 44.0 Å². The van der Waals surface area contributed by atoms with Crippen molar-refractivity contribution in [1.29, 1.82) is 0 Å². The number of allylic oxidation sites excluding steroid dienone is 1. The lowest BCUT2D eigenvalue weighted by Gasteiger charge is -2.18. The van der Waals surface area contributed by atoms with Crippen LogP contribution < -0.4 is 4.90 Å². The molecule has 4 nitrogen and oxygen atoms in total. The Kier molecular flexibility index (Phi) is 5.44. The predicted molar refractivity (Wildman–Crippen MR) is 108 cm³/mol. The molecule has 0 saturated heterocycles. The van der Waals surface area contributed by atoms with Gasteiger partial charge in [-0.15, -0.1) is 0 Å². The maximum absolute atomic E-state index is 13.1. The van der Waals surface area contributed by atoms with E-state index >= 15 is 0 Å². The molecule has 0 N–H and O–H groups in total. The summed E-state index contributed by atoms with van der Waals surface area (Å²) < 4.78 is 6.72. The Bertz CT molecular complexity index is 946. The first-order chi connectivity index (χ1) is 12.4. The average Bonchev–Trinajstić information content (AvgIpc) is 2.86. The third-order valence-corrected chi connectivity index (χ3v) is 5.06. The predicted octanol–water partition coefficient (Wildman–Crippen LogP) is 5.09. The summed E-state index contributed by atoms with van der Waals surface area (Å²) in [5.41, 5.74) is 2.64. The van der Waals surface area contributed by atoms with Crippen molar-refractivity contribution in [3.8, 4) is 0 Å². The number of ether oxygens (including phenoxy) is 1. The standard InChI is InChI=1S/C20H15Br2NO3/c1-12-18(20(25)26-2)17(11-13-4-3-5-15(22)10-13)19(24)23(12)16-8-6-14(21)7-9-16/h3-11H,1-2H3/b17-11-. The molecule has 1 heterocycles. The SMILES string of the molecule is COC(=O)C1=C(C)N(c2ccc(Br)cc2)C(=O)/C1=C\c1cccc(Br)c1. The van der Waals surface area contributed by atoms with Crippen molar-refractivity contribution in [2.45, 2.75) is 6.92 Å². The number of hydrogen-bond donors (Lipinski definition) is 0. The summed E-state index contributed by atoms with van der Waals surface area (Å²) in [7, 11) is 1.31. The molecule has 1 aliphatic heterocycles. The third kappa shape index (κ3) is 3.52. The highest BCUT2D eigenvalue weighted by molar-refractivity contribution is 9.10. The highest BCUT2D eigenvalue weighted by Gasteiger charge is 2.37. The number of hydrogen-bond acceptors (Lipinski definition) is 3. The number of anilines is 1. The van der Waals surface area contributed by atoms with Crippen molar-refractivity contribution >= 4 is 55.5 Å². The number of benzene rings is 2. The monoisotopic (exact) mass is 475 g/mol. The zero-order valence-electron chi connectivity index (χ0n) is 14.1. The van der Waals surface area contributed by atoms with E-state index < -0.39 is 5.97 Å². The highest BCUT2D eigenvalue weighted by Crippen LogP contribution is 2.36. The van der Waals surface area contributed by atoms with Crippen LogP contribution >= 0.6 is 31.9 Å². The van der Waals surface area contributed by atoms with Crippen molar-refractivity contribution in [1.82, 2.24) is 0 Å². The van der Waals surface area contributed by atoms with Gasteiger partial charge in [0.25, 0.3) is 5.91 Å². The van der Waals surface area contributed by atoms with Gasteiger partial charge in [0, 0.05) is 20.3 Å². The molecule has 0 bridgehead atoms. The lowest BCUT2D eigenvalue weighted by Crippen LogP contribution is -2.24. The van der Waals surface area contributed by atoms with Gasteiger partial charge in [-0.3, -0.25) is 9.69 Å². The Hall–Kier alpha value is -2.18. The number of methoxy groups -OCH3 is 1. The molecule has 0 saturated carbocycles. The van der Waals surface area contributed by atoms with Crippen molar-refractivity contribution < 1.29 is 14.3 Å². The molecule has 2 aromatic carbocycles. The summed E-state index contributed by atoms with van der Waals surface area (Å²) >= 11 is 6.81. The Morgan fingerprint density at radius 1 is 1.08 bits per heavy atom. The zero-order valence-corrected chi connectivity index (χ0v) is 17.3. The largest absolute Gasteiger partial charge is 0.465 e. The van der Waals surface area contributed by atoms with Crippen LogP contribution in [0.2, 0.25) is 0 Å². The Morgan fingerprint density at radius 3 is 2.38 bits per heavy atom. The van der Waals surface area contributed by atoms with E-state index in [4.69, 9.17) is 4.74 Å². The number of carbonyl (C=O) groups excluding carboxylic acids is 2. The van der Waals surface area contributed by atoms with Crippen LogP contribution in [0.1, 0.15) is 12.5 Å². The Labute approximate surface area is 168 Å². The summed E-state index contributed by atoms with van der Waals surface area (Å²) in [5.74, 6) is -0.790. The fraction of sp³-hybridized carbons (Fsp3) is 0.100. The molecule has 6 heteroatoms. The minimum absolute atomic E-state index is 0.259. The molecular formula is C20H15Br2NO3. The molecule has 2 aromatic rings. The van der Waals surface area contributed by atoms with Crippen LogP contribution in [0.3, 0.4) is 0 Å². The number of rotatable bonds is 3. The normalized spacial score (nSPS) is 15.8. The minimum Gasteiger partial charge on any atom is -0.465 e. The lowest BCUT2D eigenvalue weighted by atomic mass is 10.0. The molecule has 0 spiro atoms. The lowest BCUT2D eigenvalue weighted by molar-refractivity contribution is -0.136. The van der Waals surface area contributed by atoms with Gasteiger partial charge in [0.1, 0.15) is 0 Å². The summed E-state index contributed by atoms with van der Waals surface area (Å²) in [4.78, 5) is 27.0. The van der Waals surface area contributed by atoms with E-state index in [2.05, 4.69) is 31.9 Å². The molecule has 0 fully saturated rings. The number of esters is 1. The van der Waals surface area contributed by atoms with E-state index in [-0.39, 0.29) is 11.5 Å². The van der Waals surface area contributed by atoms with Gasteiger partial charge >= 0.3 is 5.97 Å². The maximum Gasteiger partial charge on any atom is 0.340 e. The first-order valence-corrected chi connectivity index (χ1v) is 9.38. The van der Waals surface area contributed by atoms with Crippen LogP contribution in [0.25, 0.3) is 6.08 Å². The second-order valence-corrected chi connectivity index (χ2v) is 7.51. The van der Waals surface area contributed by atoms with Crippen LogP contribution in [-0.4, -0.2) is 19.0 Å². The number of carbonyl (C=O) groups is 2. The molecule has 3 rings (SSSR count). The van der Waals surface area contributed by atoms with Gasteiger partial charge in [0.05, 0.1) is 18.3 Å². The molecule has 1 amide bonds. The van der Waals surface area contributed by atoms with Crippen LogP contribution in [0.5, 0.6) is 0 Å². The van der Waals surface area contributed by atoms with Crippen LogP contribution in [0.4, 0.5) is 5.69 Å². The van der Waals surface area contributed by atoms with E-state index in [9.17, 15) is 9.59 Å². The smallest absolute Gasteiger partial charge is 0.340 e. The van der Waals surface area contributed by atoms with E-state index in [1.54, 1.807) is 13.0 Å². The van der Waals surface area contributed by atoms with Crippen molar-refractivity contribution in [3.05, 3.63) is 79.9 Å². The van der Waals surface area contributed by atoms with E-state index in [0.717, 1.165) is 14.5 Å². The number of amides is 1. The third-order valence-electron chi connectivity index (χ3n) is 4.03. The fourth-order valence-electron chi connectivity index (χ4n) is 2.84. The van der Waals surface area contributed by atoms with Gasteiger partial charge in [-0.05, 0) is 55.0 Å². The molecule has 0 aliphatic carbocycles. The molecule has 26 heavy (non-hydrogen) atoms. The molecule has 0 atom stereocenters. The van der Waals surface area contributed by atoms with Crippen molar-refractivity contribution in [2.75, 3.05) is 12.0 Å². The summed E-state index contributed by atoms with van der Waals surface area (Å²) in [6, 6.07) is 14.9. The van der Waals surface area contributed by atoms with Crippen molar-refractivity contribution in [2.24, 2.45) is 0 Å². The Balaban J connectivity index is 2.13. The summed E-state index contributed by atoms with van der Waals surface area (Å²) in [6.45, 7) is 1.74. The molecule has 1 aliphatic rings. The number of halogens is 2. The molecule has 0 radical (unpaired) electrons. The molecule has 0 aromatic heterocycles. The average molecular weight is 477 g/mol. The van der Waals surface area contributed by atoms with Crippen LogP contribution in [0.15, 0.2) is 74.3 Å². The van der Waals surface area contributed by atoms with Crippen LogP contribution in [-0.2, 0) is 14.3 Å². The van der Waals surface area contributed by atoms with Gasteiger partial charge in [-0.2, -0.15) is 0 Å². The first kappa shape index (κ1) is 18.6. The topological polar surface area (TPSA) is 46.6 Å².